The lowest BCUT2D eigenvalue weighted by Crippen LogP contribution is -1.99. The Bertz CT molecular complexity index is 245. The summed E-state index contributed by atoms with van der Waals surface area (Å²) in [5.74, 6) is -0.671. The molecule has 1 aromatic heterocycles. The fraction of sp³-hybridized carbons (Fsp3) is 0.200. The van der Waals surface area contributed by atoms with Gasteiger partial charge in [-0.15, -0.1) is 11.3 Å². The molecule has 0 aliphatic heterocycles. The molecule has 4 nitrogen and oxygen atoms in total. The van der Waals surface area contributed by atoms with Gasteiger partial charge in [0, 0.05) is 0 Å². The molecule has 0 fully saturated rings. The normalized spacial score (nSPS) is 9.30. The molecular weight excluding hydrogens is 154 g/mol. The van der Waals surface area contributed by atoms with Crippen molar-refractivity contribution in [3.8, 4) is 5.88 Å². The number of hydrogen-bond donors (Lipinski definition) is 1. The van der Waals surface area contributed by atoms with Gasteiger partial charge in [-0.2, -0.15) is 4.98 Å². The van der Waals surface area contributed by atoms with Crippen LogP contribution in [0.5, 0.6) is 5.88 Å². The molecular formula is C5H5NO3S. The standard InChI is InChI=1S/C5H5NO3S/c1-9-5(8)4-6-3(7)2-10-4/h2,7H,1H3. The van der Waals surface area contributed by atoms with Crippen LogP contribution in [0, 0.1) is 0 Å². The number of aromatic hydroxyl groups is 1. The first kappa shape index (κ1) is 7.01. The van der Waals surface area contributed by atoms with Crippen LogP contribution in [-0.4, -0.2) is 23.2 Å². The first-order chi connectivity index (χ1) is 4.74. The van der Waals surface area contributed by atoms with E-state index in [1.54, 1.807) is 0 Å². The molecule has 0 spiro atoms. The Morgan fingerprint density at radius 2 is 2.60 bits per heavy atom. The van der Waals surface area contributed by atoms with E-state index >= 15 is 0 Å². The Balaban J connectivity index is 2.85. The molecule has 0 saturated heterocycles. The van der Waals surface area contributed by atoms with Gasteiger partial charge in [-0.05, 0) is 0 Å². The van der Waals surface area contributed by atoms with Crippen molar-refractivity contribution in [3.63, 3.8) is 0 Å². The smallest absolute Gasteiger partial charge is 0.367 e. The van der Waals surface area contributed by atoms with Gasteiger partial charge in [0.25, 0.3) is 0 Å². The molecule has 1 aromatic rings. The molecule has 1 rings (SSSR count). The summed E-state index contributed by atoms with van der Waals surface area (Å²) in [5.41, 5.74) is 0. The van der Waals surface area contributed by atoms with E-state index in [0.717, 1.165) is 11.3 Å². The Morgan fingerprint density at radius 1 is 1.90 bits per heavy atom. The van der Waals surface area contributed by atoms with E-state index in [1.165, 1.54) is 12.5 Å². The number of hydrogen-bond acceptors (Lipinski definition) is 5. The molecule has 0 unspecified atom stereocenters. The minimum atomic E-state index is -0.523. The van der Waals surface area contributed by atoms with Crippen molar-refractivity contribution in [2.45, 2.75) is 0 Å². The quantitative estimate of drug-likeness (QED) is 0.611. The van der Waals surface area contributed by atoms with Gasteiger partial charge in [0.1, 0.15) is 0 Å². The van der Waals surface area contributed by atoms with E-state index in [9.17, 15) is 4.79 Å². The number of thiazole rings is 1. The van der Waals surface area contributed by atoms with Gasteiger partial charge in [0.15, 0.2) is 0 Å². The van der Waals surface area contributed by atoms with E-state index in [0.29, 0.717) is 0 Å². The first-order valence-electron chi connectivity index (χ1n) is 2.47. The highest BCUT2D eigenvalue weighted by molar-refractivity contribution is 7.11. The third-order valence-corrected chi connectivity index (χ3v) is 1.66. The largest absolute Gasteiger partial charge is 0.493 e. The van der Waals surface area contributed by atoms with Crippen molar-refractivity contribution in [1.29, 1.82) is 0 Å². The summed E-state index contributed by atoms with van der Waals surface area (Å²) in [6.45, 7) is 0. The number of carbonyl (C=O) groups excluding carboxylic acids is 1. The first-order valence-corrected chi connectivity index (χ1v) is 3.35. The lowest BCUT2D eigenvalue weighted by Gasteiger charge is -1.89. The highest BCUT2D eigenvalue weighted by Crippen LogP contribution is 2.14. The molecule has 0 aliphatic carbocycles. The summed E-state index contributed by atoms with van der Waals surface area (Å²) in [7, 11) is 1.26. The van der Waals surface area contributed by atoms with E-state index in [1.807, 2.05) is 0 Å². The molecule has 10 heavy (non-hydrogen) atoms. The van der Waals surface area contributed by atoms with Crippen LogP contribution in [0.3, 0.4) is 0 Å². The second-order valence-corrected chi connectivity index (χ2v) is 2.36. The maximum atomic E-state index is 10.6. The van der Waals surface area contributed by atoms with Crippen molar-refractivity contribution in [2.24, 2.45) is 0 Å². The van der Waals surface area contributed by atoms with Gasteiger partial charge >= 0.3 is 5.97 Å². The van der Waals surface area contributed by atoms with Crippen LogP contribution in [0.25, 0.3) is 0 Å². The third-order valence-electron chi connectivity index (χ3n) is 0.852. The SMILES string of the molecule is COC(=O)c1nc(O)cs1. The van der Waals surface area contributed by atoms with Crippen LogP contribution in [0.1, 0.15) is 9.80 Å². The van der Waals surface area contributed by atoms with Crippen LogP contribution >= 0.6 is 11.3 Å². The van der Waals surface area contributed by atoms with Crippen LogP contribution in [-0.2, 0) is 4.74 Å². The molecule has 5 heteroatoms. The van der Waals surface area contributed by atoms with Gasteiger partial charge in [0.05, 0.1) is 12.5 Å². The Hall–Kier alpha value is -1.10. The second-order valence-electron chi connectivity index (χ2n) is 1.50. The summed E-state index contributed by atoms with van der Waals surface area (Å²) in [6.07, 6.45) is 0. The molecule has 1 N–H and O–H groups in total. The zero-order chi connectivity index (χ0) is 7.56. The fourth-order valence-electron chi connectivity index (χ4n) is 0.446. The molecule has 0 aromatic carbocycles. The average molecular weight is 159 g/mol. The predicted octanol–water partition coefficient (Wildman–Crippen LogP) is 0.635. The Kier molecular flexibility index (Phi) is 1.86. The number of methoxy groups -OCH3 is 1. The van der Waals surface area contributed by atoms with Crippen molar-refractivity contribution in [1.82, 2.24) is 4.98 Å². The van der Waals surface area contributed by atoms with E-state index in [-0.39, 0.29) is 10.9 Å². The average Bonchev–Trinajstić information content (AvgIpc) is 2.34. The Labute approximate surface area is 61.1 Å². The van der Waals surface area contributed by atoms with Gasteiger partial charge in [0.2, 0.25) is 10.9 Å². The second kappa shape index (κ2) is 2.66. The number of ether oxygens (including phenoxy) is 1. The predicted molar refractivity (Wildman–Crippen MR) is 35.1 cm³/mol. The summed E-state index contributed by atoms with van der Waals surface area (Å²) in [5, 5.41) is 10.2. The molecule has 0 saturated carbocycles. The molecule has 0 radical (unpaired) electrons. The molecule has 0 amide bonds. The Morgan fingerprint density at radius 3 is 3.00 bits per heavy atom. The lowest BCUT2D eigenvalue weighted by molar-refractivity contribution is 0.0599. The zero-order valence-electron chi connectivity index (χ0n) is 5.20. The minimum absolute atomic E-state index is 0.148. The minimum Gasteiger partial charge on any atom is -0.493 e. The van der Waals surface area contributed by atoms with Crippen molar-refractivity contribution in [2.75, 3.05) is 7.11 Å². The van der Waals surface area contributed by atoms with Gasteiger partial charge in [-0.1, -0.05) is 0 Å². The zero-order valence-corrected chi connectivity index (χ0v) is 6.01. The summed E-state index contributed by atoms with van der Waals surface area (Å²) in [6, 6.07) is 0. The van der Waals surface area contributed by atoms with Crippen molar-refractivity contribution in [3.05, 3.63) is 10.4 Å². The number of esters is 1. The molecule has 0 atom stereocenters. The highest BCUT2D eigenvalue weighted by Gasteiger charge is 2.09. The summed E-state index contributed by atoms with van der Waals surface area (Å²) < 4.78 is 4.35. The lowest BCUT2D eigenvalue weighted by atomic mass is 10.7. The maximum Gasteiger partial charge on any atom is 0.367 e. The number of aromatic nitrogens is 1. The third kappa shape index (κ3) is 1.24. The van der Waals surface area contributed by atoms with E-state index in [4.69, 9.17) is 5.11 Å². The van der Waals surface area contributed by atoms with Crippen LogP contribution in [0.4, 0.5) is 0 Å². The monoisotopic (exact) mass is 159 g/mol. The molecule has 0 bridgehead atoms. The molecule has 54 valence electrons. The molecule has 0 aliphatic rings. The highest BCUT2D eigenvalue weighted by atomic mass is 32.1. The van der Waals surface area contributed by atoms with Crippen LogP contribution in [0.2, 0.25) is 0 Å². The topological polar surface area (TPSA) is 59.4 Å². The van der Waals surface area contributed by atoms with E-state index < -0.39 is 5.97 Å². The number of carbonyl (C=O) groups is 1. The van der Waals surface area contributed by atoms with Gasteiger partial charge in [-0.25, -0.2) is 4.79 Å². The number of rotatable bonds is 1. The van der Waals surface area contributed by atoms with Crippen molar-refractivity contribution >= 4 is 17.3 Å². The van der Waals surface area contributed by atoms with Gasteiger partial charge < -0.3 is 9.84 Å². The maximum absolute atomic E-state index is 10.6. The van der Waals surface area contributed by atoms with E-state index in [2.05, 4.69) is 9.72 Å². The fourth-order valence-corrected chi connectivity index (χ4v) is 1.04. The van der Waals surface area contributed by atoms with Gasteiger partial charge in [-0.3, -0.25) is 0 Å². The summed E-state index contributed by atoms with van der Waals surface area (Å²) >= 11 is 1.05. The molecule has 1 heterocycles. The van der Waals surface area contributed by atoms with Crippen LogP contribution in [0.15, 0.2) is 5.38 Å². The van der Waals surface area contributed by atoms with Crippen molar-refractivity contribution < 1.29 is 14.6 Å². The van der Waals surface area contributed by atoms with Crippen LogP contribution < -0.4 is 0 Å². The number of nitrogens with zero attached hydrogens (tertiary/aromatic N) is 1. The summed E-state index contributed by atoms with van der Waals surface area (Å²) in [4.78, 5) is 14.1.